The van der Waals surface area contributed by atoms with Crippen LogP contribution in [0.15, 0.2) is 30.1 Å². The zero-order valence-electron chi connectivity index (χ0n) is 15.2. The van der Waals surface area contributed by atoms with Crippen molar-refractivity contribution in [3.05, 3.63) is 41.2 Å². The number of aromatic hydroxyl groups is 2. The van der Waals surface area contributed by atoms with Gasteiger partial charge in [-0.2, -0.15) is 5.10 Å². The van der Waals surface area contributed by atoms with Crippen molar-refractivity contribution in [2.75, 3.05) is 0 Å². The third kappa shape index (κ3) is 3.73. The van der Waals surface area contributed by atoms with Gasteiger partial charge in [0, 0.05) is 28.8 Å². The van der Waals surface area contributed by atoms with Crippen LogP contribution in [0.4, 0.5) is 0 Å². The molecule has 0 aliphatic heterocycles. The van der Waals surface area contributed by atoms with Crippen LogP contribution in [-0.4, -0.2) is 20.4 Å². The van der Waals surface area contributed by atoms with Gasteiger partial charge in [-0.05, 0) is 50.7 Å². The summed E-state index contributed by atoms with van der Waals surface area (Å²) < 4.78 is 0. The lowest BCUT2D eigenvalue weighted by atomic mass is 9.82. The van der Waals surface area contributed by atoms with Gasteiger partial charge in [0.1, 0.15) is 11.5 Å². The van der Waals surface area contributed by atoms with Crippen molar-refractivity contribution in [1.29, 1.82) is 0 Å². The Kier molecular flexibility index (Phi) is 5.47. The van der Waals surface area contributed by atoms with Gasteiger partial charge in [0.05, 0.1) is 6.20 Å². The summed E-state index contributed by atoms with van der Waals surface area (Å²) in [6.07, 6.45) is 13.0. The Labute approximate surface area is 149 Å². The minimum atomic E-state index is 0.0732. The Balaban J connectivity index is 2.08. The molecule has 1 unspecified atom stereocenters. The van der Waals surface area contributed by atoms with Crippen LogP contribution >= 0.6 is 0 Å². The monoisotopic (exact) mass is 340 g/mol. The molecule has 1 heterocycles. The number of hydrogen-bond acceptors (Lipinski definition) is 3. The Morgan fingerprint density at radius 1 is 1.28 bits per heavy atom. The lowest BCUT2D eigenvalue weighted by molar-refractivity contribution is 0.428. The standard InChI is InChI=1S/C21H28N2O2/c1-3-4-5-8-16-11-18(24)20(15-9-6-7-14(2)10-15)21(25)19(16)17-12-22-23-13-17/h10-13,15,24-25H,3-9H2,1-2H3,(H,22,23). The number of phenolic OH excluding ortho intramolecular Hbond substituents is 2. The van der Waals surface area contributed by atoms with Crippen LogP contribution in [0.3, 0.4) is 0 Å². The molecule has 0 amide bonds. The summed E-state index contributed by atoms with van der Waals surface area (Å²) in [4.78, 5) is 0. The van der Waals surface area contributed by atoms with E-state index in [1.165, 1.54) is 5.57 Å². The molecule has 3 N–H and O–H groups in total. The van der Waals surface area contributed by atoms with Gasteiger partial charge in [-0.25, -0.2) is 0 Å². The second kappa shape index (κ2) is 7.77. The molecule has 2 aromatic rings. The van der Waals surface area contributed by atoms with Crippen LogP contribution in [0.1, 0.15) is 69.4 Å². The first kappa shape index (κ1) is 17.6. The van der Waals surface area contributed by atoms with E-state index >= 15 is 0 Å². The van der Waals surface area contributed by atoms with E-state index in [0.29, 0.717) is 5.56 Å². The molecule has 134 valence electrons. The highest BCUT2D eigenvalue weighted by Gasteiger charge is 2.25. The fourth-order valence-electron chi connectivity index (χ4n) is 3.90. The van der Waals surface area contributed by atoms with Gasteiger partial charge < -0.3 is 10.2 Å². The van der Waals surface area contributed by atoms with Crippen LogP contribution in [0.5, 0.6) is 11.5 Å². The van der Waals surface area contributed by atoms with Gasteiger partial charge in [0.25, 0.3) is 0 Å². The summed E-state index contributed by atoms with van der Waals surface area (Å²) >= 11 is 0. The molecule has 0 radical (unpaired) electrons. The highest BCUT2D eigenvalue weighted by molar-refractivity contribution is 5.77. The van der Waals surface area contributed by atoms with Gasteiger partial charge in [-0.15, -0.1) is 0 Å². The maximum absolute atomic E-state index is 11.1. The van der Waals surface area contributed by atoms with Crippen LogP contribution in [0, 0.1) is 0 Å². The molecule has 0 spiro atoms. The molecular weight excluding hydrogens is 312 g/mol. The Morgan fingerprint density at radius 3 is 2.80 bits per heavy atom. The van der Waals surface area contributed by atoms with Crippen molar-refractivity contribution in [1.82, 2.24) is 10.2 Å². The van der Waals surface area contributed by atoms with E-state index in [2.05, 4.69) is 30.1 Å². The molecular formula is C21H28N2O2. The number of aromatic amines is 1. The SMILES string of the molecule is CCCCCc1cc(O)c(C2C=C(C)CCC2)c(O)c1-c1cn[nH]c1. The topological polar surface area (TPSA) is 69.1 Å². The Hall–Kier alpha value is -2.23. The van der Waals surface area contributed by atoms with Crippen molar-refractivity contribution in [3.63, 3.8) is 0 Å². The number of nitrogens with zero attached hydrogens (tertiary/aromatic N) is 1. The third-order valence-corrected chi connectivity index (χ3v) is 5.18. The smallest absolute Gasteiger partial charge is 0.131 e. The van der Waals surface area contributed by atoms with Crippen LogP contribution in [-0.2, 0) is 6.42 Å². The van der Waals surface area contributed by atoms with Gasteiger partial charge in [0.2, 0.25) is 0 Å². The molecule has 4 heteroatoms. The van der Waals surface area contributed by atoms with E-state index in [0.717, 1.165) is 61.6 Å². The van der Waals surface area contributed by atoms with Crippen LogP contribution < -0.4 is 0 Å². The zero-order valence-corrected chi connectivity index (χ0v) is 15.2. The fourth-order valence-corrected chi connectivity index (χ4v) is 3.90. The van der Waals surface area contributed by atoms with E-state index in [9.17, 15) is 10.2 Å². The maximum atomic E-state index is 11.1. The number of aryl methyl sites for hydroxylation is 1. The van der Waals surface area contributed by atoms with Gasteiger partial charge >= 0.3 is 0 Å². The molecule has 1 aliphatic rings. The third-order valence-electron chi connectivity index (χ3n) is 5.18. The van der Waals surface area contributed by atoms with Crippen molar-refractivity contribution in [2.45, 2.75) is 64.7 Å². The van der Waals surface area contributed by atoms with E-state index in [1.54, 1.807) is 12.4 Å². The molecule has 25 heavy (non-hydrogen) atoms. The molecule has 1 aromatic heterocycles. The molecule has 1 atom stereocenters. The lowest BCUT2D eigenvalue weighted by Gasteiger charge is -2.24. The van der Waals surface area contributed by atoms with E-state index in [1.807, 2.05) is 6.07 Å². The van der Waals surface area contributed by atoms with Gasteiger partial charge in [-0.3, -0.25) is 5.10 Å². The number of unbranched alkanes of at least 4 members (excludes halogenated alkanes) is 2. The summed E-state index contributed by atoms with van der Waals surface area (Å²) in [6, 6.07) is 1.85. The number of benzene rings is 1. The second-order valence-electron chi connectivity index (χ2n) is 7.15. The highest BCUT2D eigenvalue weighted by Crippen LogP contribution is 2.47. The summed E-state index contributed by atoms with van der Waals surface area (Å²) in [5, 5.41) is 28.6. The zero-order chi connectivity index (χ0) is 17.8. The predicted molar refractivity (Wildman–Crippen MR) is 101 cm³/mol. The molecule has 0 bridgehead atoms. The second-order valence-corrected chi connectivity index (χ2v) is 7.15. The molecule has 0 saturated carbocycles. The lowest BCUT2D eigenvalue weighted by Crippen LogP contribution is -2.05. The fraction of sp³-hybridized carbons (Fsp3) is 0.476. The normalized spacial score (nSPS) is 17.5. The minimum absolute atomic E-state index is 0.0732. The van der Waals surface area contributed by atoms with E-state index in [4.69, 9.17) is 0 Å². The molecule has 0 saturated heterocycles. The molecule has 4 nitrogen and oxygen atoms in total. The summed E-state index contributed by atoms with van der Waals surface area (Å²) in [5.41, 5.74) is 4.67. The molecule has 0 fully saturated rings. The molecule has 3 rings (SSSR count). The van der Waals surface area contributed by atoms with Crippen molar-refractivity contribution in [3.8, 4) is 22.6 Å². The average Bonchev–Trinajstić information content (AvgIpc) is 3.09. The molecule has 1 aliphatic carbocycles. The number of aromatic nitrogens is 2. The summed E-state index contributed by atoms with van der Waals surface area (Å²) in [6.45, 7) is 4.29. The number of nitrogens with one attached hydrogen (secondary N) is 1. The van der Waals surface area contributed by atoms with Crippen molar-refractivity contribution >= 4 is 0 Å². The minimum Gasteiger partial charge on any atom is -0.507 e. The maximum Gasteiger partial charge on any atom is 0.131 e. The van der Waals surface area contributed by atoms with Crippen LogP contribution in [0.25, 0.3) is 11.1 Å². The van der Waals surface area contributed by atoms with Gasteiger partial charge in [-0.1, -0.05) is 31.4 Å². The molecule has 1 aromatic carbocycles. The predicted octanol–water partition coefficient (Wildman–Crippen LogP) is 5.43. The average molecular weight is 340 g/mol. The first-order valence-corrected chi connectivity index (χ1v) is 9.36. The summed E-state index contributed by atoms with van der Waals surface area (Å²) in [5.74, 6) is 0.500. The van der Waals surface area contributed by atoms with Crippen molar-refractivity contribution < 1.29 is 10.2 Å². The van der Waals surface area contributed by atoms with Gasteiger partial charge in [0.15, 0.2) is 0 Å². The highest BCUT2D eigenvalue weighted by atomic mass is 16.3. The number of hydrogen-bond donors (Lipinski definition) is 3. The van der Waals surface area contributed by atoms with E-state index in [-0.39, 0.29) is 17.4 Å². The Bertz CT molecular complexity index is 748. The number of rotatable bonds is 6. The number of allylic oxidation sites excluding steroid dienone is 2. The number of H-pyrrole nitrogens is 1. The van der Waals surface area contributed by atoms with E-state index < -0.39 is 0 Å². The Morgan fingerprint density at radius 2 is 2.12 bits per heavy atom. The first-order chi connectivity index (χ1) is 12.1. The van der Waals surface area contributed by atoms with Crippen molar-refractivity contribution in [2.24, 2.45) is 0 Å². The number of phenols is 2. The first-order valence-electron chi connectivity index (χ1n) is 9.36. The summed E-state index contributed by atoms with van der Waals surface area (Å²) in [7, 11) is 0. The quantitative estimate of drug-likeness (QED) is 0.485. The largest absolute Gasteiger partial charge is 0.507 e. The van der Waals surface area contributed by atoms with Crippen LogP contribution in [0.2, 0.25) is 0 Å².